The summed E-state index contributed by atoms with van der Waals surface area (Å²) in [6, 6.07) is 2.59. The second-order valence-corrected chi connectivity index (χ2v) is 5.16. The molecule has 1 aromatic heterocycles. The summed E-state index contributed by atoms with van der Waals surface area (Å²) in [5, 5.41) is 2.22. The summed E-state index contributed by atoms with van der Waals surface area (Å²) >= 11 is 0. The van der Waals surface area contributed by atoms with Crippen LogP contribution in [0.1, 0.15) is 27.0 Å². The number of aryl methyl sites for hydroxylation is 1. The monoisotopic (exact) mass is 344 g/mol. The molecule has 0 bridgehead atoms. The van der Waals surface area contributed by atoms with Crippen LogP contribution in [0, 0.1) is 12.7 Å². The molecule has 0 fully saturated rings. The molecule has 2 heterocycles. The third kappa shape index (κ3) is 2.60. The molecule has 9 heteroatoms. The van der Waals surface area contributed by atoms with Gasteiger partial charge in [0.1, 0.15) is 0 Å². The standard InChI is InChI=1S/C15H9F5N2O2/c1-7-4-9-10(15(19,20)24-14(9,17)18)5-12(7)22-13(23)8-2-3-21-6-11(8)16/h2-6H,1H3,(H,22,23). The fourth-order valence-electron chi connectivity index (χ4n) is 2.34. The molecule has 24 heavy (non-hydrogen) atoms. The molecule has 1 amide bonds. The Balaban J connectivity index is 2.00. The highest BCUT2D eigenvalue weighted by atomic mass is 19.3. The van der Waals surface area contributed by atoms with Gasteiger partial charge in [0.25, 0.3) is 5.91 Å². The Bertz CT molecular complexity index is 839. The second-order valence-electron chi connectivity index (χ2n) is 5.16. The van der Waals surface area contributed by atoms with Crippen LogP contribution in [0.25, 0.3) is 0 Å². The highest BCUT2D eigenvalue weighted by Crippen LogP contribution is 2.52. The van der Waals surface area contributed by atoms with E-state index in [0.717, 1.165) is 18.3 Å². The minimum absolute atomic E-state index is 0.0949. The Morgan fingerprint density at radius 1 is 1.17 bits per heavy atom. The Morgan fingerprint density at radius 2 is 1.79 bits per heavy atom. The zero-order valence-electron chi connectivity index (χ0n) is 12.0. The number of amides is 1. The fraction of sp³-hybridized carbons (Fsp3) is 0.200. The number of nitrogens with zero attached hydrogens (tertiary/aromatic N) is 1. The summed E-state index contributed by atoms with van der Waals surface area (Å²) in [6.07, 6.45) is -6.35. The molecule has 0 unspecified atom stereocenters. The molecule has 3 rings (SSSR count). The molecule has 1 aliphatic rings. The van der Waals surface area contributed by atoms with Crippen molar-refractivity contribution in [3.05, 3.63) is 58.7 Å². The number of hydrogen-bond acceptors (Lipinski definition) is 3. The number of halogens is 5. The maximum atomic E-state index is 13.6. The number of alkyl halides is 4. The van der Waals surface area contributed by atoms with Crippen molar-refractivity contribution in [2.75, 3.05) is 5.32 Å². The number of carbonyl (C=O) groups excluding carboxylic acids is 1. The Kier molecular flexibility index (Phi) is 3.56. The predicted molar refractivity (Wildman–Crippen MR) is 72.2 cm³/mol. The van der Waals surface area contributed by atoms with Crippen molar-refractivity contribution < 1.29 is 31.5 Å². The molecule has 0 radical (unpaired) electrons. The molecule has 2 aromatic rings. The number of rotatable bonds is 2. The van der Waals surface area contributed by atoms with E-state index >= 15 is 0 Å². The first-order chi connectivity index (χ1) is 11.1. The average Bonchev–Trinajstić information content (AvgIpc) is 2.65. The number of nitrogens with one attached hydrogen (secondary N) is 1. The molecule has 0 atom stereocenters. The molecule has 0 saturated carbocycles. The van der Waals surface area contributed by atoms with Gasteiger partial charge in [-0.15, -0.1) is 0 Å². The number of fused-ring (bicyclic) bond motifs is 1. The van der Waals surface area contributed by atoms with Gasteiger partial charge in [-0.3, -0.25) is 9.78 Å². The number of anilines is 1. The normalized spacial score (nSPS) is 17.4. The number of hydrogen-bond donors (Lipinski definition) is 1. The minimum Gasteiger partial charge on any atom is -0.322 e. The Morgan fingerprint density at radius 3 is 2.42 bits per heavy atom. The van der Waals surface area contributed by atoms with Gasteiger partial charge >= 0.3 is 12.2 Å². The quantitative estimate of drug-likeness (QED) is 0.841. The zero-order valence-corrected chi connectivity index (χ0v) is 12.0. The average molecular weight is 344 g/mol. The third-order valence-electron chi connectivity index (χ3n) is 3.51. The molecule has 126 valence electrons. The second kappa shape index (κ2) is 5.23. The lowest BCUT2D eigenvalue weighted by atomic mass is 10.0. The van der Waals surface area contributed by atoms with Crippen molar-refractivity contribution in [1.29, 1.82) is 0 Å². The molecule has 1 aliphatic heterocycles. The van der Waals surface area contributed by atoms with E-state index in [4.69, 9.17) is 0 Å². The van der Waals surface area contributed by atoms with Gasteiger partial charge in [-0.1, -0.05) is 0 Å². The number of pyridine rings is 1. The van der Waals surface area contributed by atoms with Crippen molar-refractivity contribution in [2.45, 2.75) is 19.1 Å². The van der Waals surface area contributed by atoms with E-state index < -0.39 is 35.1 Å². The summed E-state index contributed by atoms with van der Waals surface area (Å²) in [5.41, 5.74) is -2.45. The summed E-state index contributed by atoms with van der Waals surface area (Å²) in [4.78, 5) is 15.5. The van der Waals surface area contributed by atoms with Crippen molar-refractivity contribution in [3.63, 3.8) is 0 Å². The van der Waals surface area contributed by atoms with Crippen LogP contribution in [0.5, 0.6) is 0 Å². The zero-order chi connectivity index (χ0) is 17.7. The van der Waals surface area contributed by atoms with Crippen LogP contribution in [0.15, 0.2) is 30.6 Å². The van der Waals surface area contributed by atoms with E-state index in [1.54, 1.807) is 0 Å². The van der Waals surface area contributed by atoms with Gasteiger partial charge in [-0.05, 0) is 30.7 Å². The highest BCUT2D eigenvalue weighted by molar-refractivity contribution is 6.04. The van der Waals surface area contributed by atoms with Crippen LogP contribution in [0.2, 0.25) is 0 Å². The predicted octanol–water partition coefficient (Wildman–Crippen LogP) is 3.91. The Hall–Kier alpha value is -2.55. The van der Waals surface area contributed by atoms with Crippen LogP contribution in [0.3, 0.4) is 0 Å². The number of carbonyl (C=O) groups is 1. The van der Waals surface area contributed by atoms with Gasteiger partial charge in [-0.25, -0.2) is 9.13 Å². The van der Waals surface area contributed by atoms with Gasteiger partial charge in [0, 0.05) is 11.9 Å². The molecular weight excluding hydrogens is 335 g/mol. The first-order valence-electron chi connectivity index (χ1n) is 6.64. The highest BCUT2D eigenvalue weighted by Gasteiger charge is 2.57. The molecule has 4 nitrogen and oxygen atoms in total. The molecule has 1 aromatic carbocycles. The molecular formula is C15H9F5N2O2. The molecule has 0 saturated heterocycles. The third-order valence-corrected chi connectivity index (χ3v) is 3.51. The van der Waals surface area contributed by atoms with Crippen LogP contribution < -0.4 is 5.32 Å². The van der Waals surface area contributed by atoms with Gasteiger partial charge in [-0.2, -0.15) is 17.6 Å². The van der Waals surface area contributed by atoms with E-state index in [9.17, 15) is 26.7 Å². The molecule has 1 N–H and O–H groups in total. The largest absolute Gasteiger partial charge is 0.388 e. The number of benzene rings is 1. The van der Waals surface area contributed by atoms with Crippen molar-refractivity contribution in [2.24, 2.45) is 0 Å². The molecule has 0 aliphatic carbocycles. The van der Waals surface area contributed by atoms with Gasteiger partial charge < -0.3 is 5.32 Å². The lowest BCUT2D eigenvalue weighted by Crippen LogP contribution is -2.17. The van der Waals surface area contributed by atoms with E-state index in [1.165, 1.54) is 13.1 Å². The van der Waals surface area contributed by atoms with Crippen molar-refractivity contribution >= 4 is 11.6 Å². The van der Waals surface area contributed by atoms with Gasteiger partial charge in [0.05, 0.1) is 22.9 Å². The fourth-order valence-corrected chi connectivity index (χ4v) is 2.34. The minimum atomic E-state index is -4.20. The van der Waals surface area contributed by atoms with Crippen LogP contribution in [-0.4, -0.2) is 10.9 Å². The summed E-state index contributed by atoms with van der Waals surface area (Å²) in [7, 11) is 0. The first kappa shape index (κ1) is 16.3. The van der Waals surface area contributed by atoms with Crippen molar-refractivity contribution in [1.82, 2.24) is 4.98 Å². The van der Waals surface area contributed by atoms with E-state index in [2.05, 4.69) is 15.0 Å². The molecule has 0 spiro atoms. The lowest BCUT2D eigenvalue weighted by Gasteiger charge is -2.12. The van der Waals surface area contributed by atoms with E-state index in [-0.39, 0.29) is 16.8 Å². The van der Waals surface area contributed by atoms with Crippen LogP contribution in [0.4, 0.5) is 27.6 Å². The van der Waals surface area contributed by atoms with Crippen LogP contribution >= 0.6 is 0 Å². The maximum absolute atomic E-state index is 13.6. The summed E-state index contributed by atoms with van der Waals surface area (Å²) < 4.78 is 71.1. The number of ether oxygens (including phenoxy) is 1. The SMILES string of the molecule is Cc1cc2c(cc1NC(=O)c1ccncc1F)C(F)(F)OC2(F)F. The summed E-state index contributed by atoms with van der Waals surface area (Å²) in [5.74, 6) is -1.83. The van der Waals surface area contributed by atoms with E-state index in [0.29, 0.717) is 6.07 Å². The van der Waals surface area contributed by atoms with Gasteiger partial charge in [0.2, 0.25) is 0 Å². The van der Waals surface area contributed by atoms with Crippen molar-refractivity contribution in [3.8, 4) is 0 Å². The van der Waals surface area contributed by atoms with Gasteiger partial charge in [0.15, 0.2) is 5.82 Å². The smallest absolute Gasteiger partial charge is 0.322 e. The first-order valence-corrected chi connectivity index (χ1v) is 6.64. The topological polar surface area (TPSA) is 51.2 Å². The lowest BCUT2D eigenvalue weighted by molar-refractivity contribution is -0.369. The van der Waals surface area contributed by atoms with E-state index in [1.807, 2.05) is 0 Å². The maximum Gasteiger partial charge on any atom is 0.388 e. The Labute approximate surface area is 132 Å². The number of aromatic nitrogens is 1. The van der Waals surface area contributed by atoms with Crippen LogP contribution in [-0.2, 0) is 17.0 Å². The summed E-state index contributed by atoms with van der Waals surface area (Å²) in [6.45, 7) is 1.34.